The van der Waals surface area contributed by atoms with E-state index in [1.54, 1.807) is 30.7 Å². The van der Waals surface area contributed by atoms with E-state index >= 15 is 0 Å². The molecule has 172 valence electrons. The molecule has 0 saturated heterocycles. The molecular weight excluding hydrogens is 436 g/mol. The predicted molar refractivity (Wildman–Crippen MR) is 130 cm³/mol. The van der Waals surface area contributed by atoms with Crippen molar-refractivity contribution in [3.8, 4) is 22.9 Å². The van der Waals surface area contributed by atoms with Crippen LogP contribution in [0.1, 0.15) is 49.6 Å². The topological polar surface area (TPSA) is 77.4 Å². The lowest BCUT2D eigenvalue weighted by atomic mass is 10.00. The number of rotatable bonds is 6. The largest absolute Gasteiger partial charge is 0.497 e. The normalized spacial score (nSPS) is 14.7. The Bertz CT molecular complexity index is 1170. The Morgan fingerprint density at radius 2 is 1.94 bits per heavy atom. The summed E-state index contributed by atoms with van der Waals surface area (Å²) in [5.74, 6) is 1.88. The Kier molecular flexibility index (Phi) is 6.83. The molecule has 2 heterocycles. The minimum absolute atomic E-state index is 0.137. The van der Waals surface area contributed by atoms with E-state index in [0.717, 1.165) is 52.3 Å². The van der Waals surface area contributed by atoms with Crippen molar-refractivity contribution in [3.63, 3.8) is 0 Å². The molecule has 0 radical (unpaired) electrons. The van der Waals surface area contributed by atoms with Crippen molar-refractivity contribution >= 4 is 23.4 Å². The number of aryl methyl sites for hydroxylation is 2. The first kappa shape index (κ1) is 23.0. The summed E-state index contributed by atoms with van der Waals surface area (Å²) in [4.78, 5) is 19.4. The summed E-state index contributed by atoms with van der Waals surface area (Å²) in [6.07, 6.45) is 1.46. The number of fused-ring (bicyclic) bond motifs is 3. The van der Waals surface area contributed by atoms with Crippen molar-refractivity contribution < 1.29 is 14.3 Å². The van der Waals surface area contributed by atoms with Crippen LogP contribution in [-0.2, 0) is 4.79 Å². The predicted octanol–water partition coefficient (Wildman–Crippen LogP) is 5.50. The van der Waals surface area contributed by atoms with E-state index in [2.05, 4.69) is 23.2 Å². The average molecular weight is 465 g/mol. The molecule has 1 aromatic heterocycles. The number of benzene rings is 2. The molecule has 1 aliphatic rings. The number of methoxy groups -OCH3 is 1. The Labute approximate surface area is 198 Å². The fourth-order valence-electron chi connectivity index (χ4n) is 3.96. The summed E-state index contributed by atoms with van der Waals surface area (Å²) in [6.45, 7) is 7.71. The highest BCUT2D eigenvalue weighted by molar-refractivity contribution is 7.99. The van der Waals surface area contributed by atoms with E-state index < -0.39 is 6.23 Å². The highest BCUT2D eigenvalue weighted by Gasteiger charge is 2.35. The van der Waals surface area contributed by atoms with Crippen LogP contribution in [0.15, 0.2) is 41.6 Å². The van der Waals surface area contributed by atoms with Crippen molar-refractivity contribution in [3.05, 3.63) is 53.1 Å². The summed E-state index contributed by atoms with van der Waals surface area (Å²) in [5, 5.41) is 9.44. The molecule has 0 N–H and O–H groups in total. The lowest BCUT2D eigenvalue weighted by Gasteiger charge is -2.31. The van der Waals surface area contributed by atoms with Gasteiger partial charge in [-0.1, -0.05) is 36.7 Å². The number of unbranched alkanes of at least 4 members (excludes halogenated alkanes) is 1. The van der Waals surface area contributed by atoms with Gasteiger partial charge >= 0.3 is 0 Å². The number of hydrogen-bond acceptors (Lipinski definition) is 7. The van der Waals surface area contributed by atoms with Crippen LogP contribution >= 0.6 is 11.8 Å². The Balaban J connectivity index is 1.90. The van der Waals surface area contributed by atoms with E-state index in [1.165, 1.54) is 0 Å². The molecule has 0 fully saturated rings. The molecular formula is C25H28N4O3S. The monoisotopic (exact) mass is 464 g/mol. The molecule has 8 heteroatoms. The third kappa shape index (κ3) is 4.66. The smallest absolute Gasteiger partial charge is 0.247 e. The van der Waals surface area contributed by atoms with Crippen LogP contribution in [-0.4, -0.2) is 34.0 Å². The van der Waals surface area contributed by atoms with E-state index in [-0.39, 0.29) is 5.91 Å². The number of hydrogen-bond donors (Lipinski definition) is 0. The zero-order valence-corrected chi connectivity index (χ0v) is 20.4. The molecule has 3 aromatic rings. The highest BCUT2D eigenvalue weighted by Crippen LogP contribution is 2.45. The van der Waals surface area contributed by atoms with Crippen molar-refractivity contribution in [2.45, 2.75) is 51.9 Å². The number of ether oxygens (including phenoxy) is 2. The van der Waals surface area contributed by atoms with Crippen molar-refractivity contribution in [2.75, 3.05) is 17.8 Å². The van der Waals surface area contributed by atoms with Gasteiger partial charge < -0.3 is 9.47 Å². The van der Waals surface area contributed by atoms with Gasteiger partial charge in [0, 0.05) is 23.8 Å². The molecule has 33 heavy (non-hydrogen) atoms. The number of aromatic nitrogens is 3. The van der Waals surface area contributed by atoms with Gasteiger partial charge in [-0.25, -0.2) is 0 Å². The Morgan fingerprint density at radius 3 is 2.61 bits per heavy atom. The minimum atomic E-state index is -0.708. The minimum Gasteiger partial charge on any atom is -0.497 e. The molecule has 1 aliphatic heterocycles. The van der Waals surface area contributed by atoms with E-state index in [9.17, 15) is 4.79 Å². The summed E-state index contributed by atoms with van der Waals surface area (Å²) < 4.78 is 11.8. The van der Waals surface area contributed by atoms with Gasteiger partial charge in [0.05, 0.1) is 12.8 Å². The summed E-state index contributed by atoms with van der Waals surface area (Å²) in [7, 11) is 1.62. The third-order valence-corrected chi connectivity index (χ3v) is 6.43. The second-order valence-electron chi connectivity index (χ2n) is 8.06. The second kappa shape index (κ2) is 9.79. The molecule has 4 rings (SSSR count). The van der Waals surface area contributed by atoms with Gasteiger partial charge in [-0.2, -0.15) is 4.98 Å². The third-order valence-electron chi connectivity index (χ3n) is 5.50. The van der Waals surface area contributed by atoms with Gasteiger partial charge in [0.1, 0.15) is 5.75 Å². The lowest BCUT2D eigenvalue weighted by Crippen LogP contribution is -2.36. The van der Waals surface area contributed by atoms with Crippen LogP contribution in [0.25, 0.3) is 11.3 Å². The number of amides is 1. The van der Waals surface area contributed by atoms with Crippen LogP contribution in [0.3, 0.4) is 0 Å². The maximum Gasteiger partial charge on any atom is 0.247 e. The van der Waals surface area contributed by atoms with Crippen molar-refractivity contribution in [1.29, 1.82) is 0 Å². The maximum atomic E-state index is 13.0. The van der Waals surface area contributed by atoms with Gasteiger partial charge in [-0.05, 0) is 56.2 Å². The fourth-order valence-corrected chi connectivity index (χ4v) is 4.82. The molecule has 0 aliphatic carbocycles. The molecule has 2 aromatic carbocycles. The molecule has 1 amide bonds. The van der Waals surface area contributed by atoms with Gasteiger partial charge in [-0.15, -0.1) is 10.2 Å². The van der Waals surface area contributed by atoms with Gasteiger partial charge in [0.15, 0.2) is 5.69 Å². The lowest BCUT2D eigenvalue weighted by molar-refractivity contribution is -0.118. The van der Waals surface area contributed by atoms with Crippen LogP contribution < -0.4 is 14.4 Å². The van der Waals surface area contributed by atoms with E-state index in [4.69, 9.17) is 14.5 Å². The zero-order chi connectivity index (χ0) is 23.5. The average Bonchev–Trinajstić information content (AvgIpc) is 2.94. The first-order valence-corrected chi connectivity index (χ1v) is 12.0. The van der Waals surface area contributed by atoms with Crippen molar-refractivity contribution in [2.24, 2.45) is 0 Å². The standard InChI is InChI=1S/C25H28N4O3S/c1-6-7-12-33-25-26-23-21(27-28-25)20-14-15(2)13-16(3)22(20)29(17(4)30)24(32-23)18-8-10-19(31-5)11-9-18/h8-11,13-14,24H,6-7,12H2,1-5H3. The van der Waals surface area contributed by atoms with Crippen LogP contribution in [0.4, 0.5) is 5.69 Å². The van der Waals surface area contributed by atoms with E-state index in [1.807, 2.05) is 44.2 Å². The van der Waals surface area contributed by atoms with Gasteiger partial charge in [-0.3, -0.25) is 9.69 Å². The number of carbonyl (C=O) groups excluding carboxylic acids is 1. The Hall–Kier alpha value is -3.13. The summed E-state index contributed by atoms with van der Waals surface area (Å²) in [6, 6.07) is 11.6. The molecule has 1 atom stereocenters. The first-order valence-electron chi connectivity index (χ1n) is 11.0. The summed E-state index contributed by atoms with van der Waals surface area (Å²) in [5.41, 5.74) is 4.92. The van der Waals surface area contributed by atoms with Crippen LogP contribution in [0.2, 0.25) is 0 Å². The quantitative estimate of drug-likeness (QED) is 0.352. The maximum absolute atomic E-state index is 13.0. The number of thioether (sulfide) groups is 1. The number of nitrogens with zero attached hydrogens (tertiary/aromatic N) is 4. The number of carbonyl (C=O) groups is 1. The summed E-state index contributed by atoms with van der Waals surface area (Å²) >= 11 is 1.56. The number of anilines is 1. The van der Waals surface area contributed by atoms with Gasteiger partial charge in [0.25, 0.3) is 0 Å². The zero-order valence-electron chi connectivity index (χ0n) is 19.6. The molecule has 0 bridgehead atoms. The second-order valence-corrected chi connectivity index (χ2v) is 9.12. The molecule has 7 nitrogen and oxygen atoms in total. The first-order chi connectivity index (χ1) is 15.9. The Morgan fingerprint density at radius 1 is 1.18 bits per heavy atom. The van der Waals surface area contributed by atoms with Crippen LogP contribution in [0, 0.1) is 13.8 Å². The molecule has 0 spiro atoms. The molecule has 1 unspecified atom stereocenters. The SMILES string of the molecule is CCCCSc1nnc2c(n1)OC(c1ccc(OC)cc1)N(C(C)=O)c1c(C)cc(C)cc1-2. The fraction of sp³-hybridized carbons (Fsp3) is 0.360. The molecule has 0 saturated carbocycles. The van der Waals surface area contributed by atoms with Crippen molar-refractivity contribution in [1.82, 2.24) is 15.2 Å². The van der Waals surface area contributed by atoms with E-state index in [0.29, 0.717) is 16.7 Å². The van der Waals surface area contributed by atoms with Crippen LogP contribution in [0.5, 0.6) is 11.6 Å². The van der Waals surface area contributed by atoms with Gasteiger partial charge in [0.2, 0.25) is 23.2 Å². The highest BCUT2D eigenvalue weighted by atomic mass is 32.2.